The minimum Gasteiger partial charge on any atom is -0.459 e. The molecule has 0 aromatic heterocycles. The SMILES string of the molecule is CC1=CC(=O)[C@@H](O[Si](C)(C)C(C)(C)C)[C@]2(C)[C@H]3[C@@]4(O[Si](C)(C)C(C)(C)C)OC[C@]35[C@H]([C@@H](C)[C@H]4O)[C@@H](OC(=O)CC(C)C)C(=O)O[C@@H]5C[C@@H]12. The van der Waals surface area contributed by atoms with E-state index in [1.54, 1.807) is 6.08 Å². The molecule has 2 aliphatic heterocycles. The first-order valence-corrected chi connectivity index (χ1v) is 23.8. The van der Waals surface area contributed by atoms with Gasteiger partial charge in [0.1, 0.15) is 18.3 Å². The van der Waals surface area contributed by atoms with E-state index < -0.39 is 87.4 Å². The zero-order valence-electron chi connectivity index (χ0n) is 32.1. The molecule has 2 bridgehead atoms. The minimum absolute atomic E-state index is 0.0381. The summed E-state index contributed by atoms with van der Waals surface area (Å²) in [4.78, 5) is 41.6. The fourth-order valence-electron chi connectivity index (χ4n) is 9.56. The molecule has 9 nitrogen and oxygen atoms in total. The Balaban J connectivity index is 1.79. The highest BCUT2D eigenvalue weighted by Crippen LogP contribution is 2.75. The molecule has 272 valence electrons. The van der Waals surface area contributed by atoms with Crippen molar-refractivity contribution in [3.05, 3.63) is 11.6 Å². The Morgan fingerprint density at radius 3 is 2.19 bits per heavy atom. The summed E-state index contributed by atoms with van der Waals surface area (Å²) in [5, 5.41) is 12.3. The standard InChI is InChI=1S/C37H62O9Si2/c1-20(2)16-26(39)44-28-27-22(4)29(40)37(46-48(14,15)34(8,9)10)32-35(11)23(18-25(43-31(28)41)36(27,32)19-42-37)21(3)17-24(38)30(35)45-47(12,13)33(5,6)7/h17,20,22-23,25,27-30,32,40H,16,18-19H2,1-15H3/t22-,23+,25-,27-,28-,29-,30-,32-,35-,36+,37-/m1/s1. The first kappa shape index (κ1) is 37.9. The molecule has 2 saturated heterocycles. The number of esters is 2. The van der Waals surface area contributed by atoms with Gasteiger partial charge in [-0.05, 0) is 73.4 Å². The topological polar surface area (TPSA) is 118 Å². The largest absolute Gasteiger partial charge is 0.459 e. The van der Waals surface area contributed by atoms with E-state index >= 15 is 0 Å². The van der Waals surface area contributed by atoms with Crippen LogP contribution in [-0.2, 0) is 37.4 Å². The van der Waals surface area contributed by atoms with Crippen molar-refractivity contribution in [3.63, 3.8) is 0 Å². The average Bonchev–Trinajstić information content (AvgIpc) is 3.21. The summed E-state index contributed by atoms with van der Waals surface area (Å²) in [6, 6.07) is 0. The second-order valence-electron chi connectivity index (χ2n) is 19.4. The highest BCUT2D eigenvalue weighted by atomic mass is 28.4. The molecular formula is C37H62O9Si2. The summed E-state index contributed by atoms with van der Waals surface area (Å²) in [6.07, 6.45) is -1.49. The lowest BCUT2D eigenvalue weighted by molar-refractivity contribution is -0.333. The molecule has 11 atom stereocenters. The number of hydrogen-bond acceptors (Lipinski definition) is 9. The van der Waals surface area contributed by atoms with Crippen LogP contribution < -0.4 is 0 Å². The van der Waals surface area contributed by atoms with Gasteiger partial charge in [-0.3, -0.25) is 9.59 Å². The Morgan fingerprint density at radius 1 is 1.06 bits per heavy atom. The lowest BCUT2D eigenvalue weighted by Gasteiger charge is -2.70. The first-order valence-electron chi connectivity index (χ1n) is 18.0. The van der Waals surface area contributed by atoms with Crippen LogP contribution in [0.5, 0.6) is 0 Å². The molecule has 5 aliphatic rings. The second kappa shape index (κ2) is 11.6. The van der Waals surface area contributed by atoms with Crippen LogP contribution in [0.2, 0.25) is 36.3 Å². The Labute approximate surface area is 290 Å². The molecule has 4 fully saturated rings. The van der Waals surface area contributed by atoms with Gasteiger partial charge >= 0.3 is 11.9 Å². The van der Waals surface area contributed by atoms with Crippen molar-refractivity contribution < 1.29 is 42.6 Å². The summed E-state index contributed by atoms with van der Waals surface area (Å²) < 4.78 is 34.0. The van der Waals surface area contributed by atoms with E-state index in [9.17, 15) is 19.5 Å². The lowest BCUT2D eigenvalue weighted by atomic mass is 9.38. The van der Waals surface area contributed by atoms with Crippen molar-refractivity contribution in [2.45, 2.75) is 155 Å². The number of ether oxygens (including phenoxy) is 3. The number of fused-ring (bicyclic) bond motifs is 1. The molecule has 0 aromatic rings. The fourth-order valence-corrected chi connectivity index (χ4v) is 12.3. The Bertz CT molecular complexity index is 1380. The molecule has 0 aromatic carbocycles. The molecular weight excluding hydrogens is 645 g/mol. The Kier molecular flexibility index (Phi) is 9.13. The smallest absolute Gasteiger partial charge is 0.348 e. The van der Waals surface area contributed by atoms with Gasteiger partial charge in [0.25, 0.3) is 0 Å². The van der Waals surface area contributed by atoms with Crippen LogP contribution >= 0.6 is 0 Å². The monoisotopic (exact) mass is 706 g/mol. The predicted octanol–water partition coefficient (Wildman–Crippen LogP) is 6.79. The van der Waals surface area contributed by atoms with Crippen LogP contribution in [-0.4, -0.2) is 76.3 Å². The lowest BCUT2D eigenvalue weighted by Crippen LogP contribution is -2.79. The number of aliphatic hydroxyl groups excluding tert-OH is 1. The minimum atomic E-state index is -2.65. The van der Waals surface area contributed by atoms with Crippen molar-refractivity contribution in [2.75, 3.05) is 6.61 Å². The van der Waals surface area contributed by atoms with Crippen molar-refractivity contribution in [1.29, 1.82) is 0 Å². The van der Waals surface area contributed by atoms with Crippen molar-refractivity contribution in [3.8, 4) is 0 Å². The van der Waals surface area contributed by atoms with Crippen LogP contribution in [0, 0.1) is 40.4 Å². The highest BCUT2D eigenvalue weighted by molar-refractivity contribution is 6.74. The zero-order valence-corrected chi connectivity index (χ0v) is 34.1. The summed E-state index contributed by atoms with van der Waals surface area (Å²) >= 11 is 0. The van der Waals surface area contributed by atoms with Crippen molar-refractivity contribution in [1.82, 2.24) is 0 Å². The molecule has 2 heterocycles. The van der Waals surface area contributed by atoms with E-state index in [0.29, 0.717) is 6.42 Å². The van der Waals surface area contributed by atoms with E-state index in [1.165, 1.54) is 0 Å². The third kappa shape index (κ3) is 5.30. The summed E-state index contributed by atoms with van der Waals surface area (Å²) in [5.74, 6) is -4.61. The van der Waals surface area contributed by atoms with Crippen LogP contribution in [0.1, 0.15) is 89.0 Å². The maximum Gasteiger partial charge on any atom is 0.348 e. The van der Waals surface area contributed by atoms with Crippen molar-refractivity contribution >= 4 is 34.4 Å². The van der Waals surface area contributed by atoms with Gasteiger partial charge < -0.3 is 28.2 Å². The zero-order chi connectivity index (χ0) is 36.4. The maximum absolute atomic E-state index is 14.4. The normalized spacial score (nSPS) is 41.4. The molecule has 0 amide bonds. The van der Waals surface area contributed by atoms with Crippen LogP contribution in [0.4, 0.5) is 0 Å². The van der Waals surface area contributed by atoms with E-state index in [1.807, 2.05) is 27.7 Å². The number of ketones is 1. The van der Waals surface area contributed by atoms with Crippen LogP contribution in [0.25, 0.3) is 0 Å². The third-order valence-corrected chi connectivity index (χ3v) is 22.7. The molecule has 1 N–H and O–H groups in total. The summed E-state index contributed by atoms with van der Waals surface area (Å²) in [5.41, 5.74) is -0.910. The highest BCUT2D eigenvalue weighted by Gasteiger charge is 2.85. The number of rotatable bonds is 7. The van der Waals surface area contributed by atoms with Gasteiger partial charge in [-0.1, -0.05) is 74.8 Å². The number of hydrogen-bond donors (Lipinski definition) is 1. The molecule has 48 heavy (non-hydrogen) atoms. The van der Waals surface area contributed by atoms with E-state index in [4.69, 9.17) is 23.1 Å². The molecule has 2 saturated carbocycles. The maximum atomic E-state index is 14.4. The van der Waals surface area contributed by atoms with Gasteiger partial charge in [0.05, 0.1) is 6.61 Å². The predicted molar refractivity (Wildman–Crippen MR) is 188 cm³/mol. The van der Waals surface area contributed by atoms with E-state index in [-0.39, 0.29) is 40.7 Å². The average molecular weight is 707 g/mol. The molecule has 3 aliphatic carbocycles. The third-order valence-electron chi connectivity index (χ3n) is 13.8. The Morgan fingerprint density at radius 2 is 1.65 bits per heavy atom. The fraction of sp³-hybridized carbons (Fsp3) is 0.865. The molecule has 5 rings (SSSR count). The van der Waals surface area contributed by atoms with Crippen LogP contribution in [0.3, 0.4) is 0 Å². The van der Waals surface area contributed by atoms with E-state index in [0.717, 1.165) is 5.57 Å². The number of carbonyl (C=O) groups excluding carboxylic acids is 3. The van der Waals surface area contributed by atoms with E-state index in [2.05, 4.69) is 74.7 Å². The number of carbonyl (C=O) groups is 3. The summed E-state index contributed by atoms with van der Waals surface area (Å²) in [7, 11) is -5.18. The van der Waals surface area contributed by atoms with Gasteiger partial charge in [-0.25, -0.2) is 4.79 Å². The Hall–Kier alpha value is -1.38. The first-order chi connectivity index (χ1) is 21.7. The molecule has 0 radical (unpaired) electrons. The second-order valence-corrected chi connectivity index (χ2v) is 28.9. The van der Waals surface area contributed by atoms with Crippen molar-refractivity contribution in [2.24, 2.45) is 40.4 Å². The van der Waals surface area contributed by atoms with Gasteiger partial charge in [0.2, 0.25) is 6.10 Å². The number of aliphatic hydroxyl groups is 1. The molecule has 0 unspecified atom stereocenters. The van der Waals surface area contributed by atoms with Gasteiger partial charge in [-0.2, -0.15) is 0 Å². The quantitative estimate of drug-likeness (QED) is 0.226. The van der Waals surface area contributed by atoms with Gasteiger partial charge in [0, 0.05) is 29.1 Å². The van der Waals surface area contributed by atoms with Gasteiger partial charge in [-0.15, -0.1) is 0 Å². The van der Waals surface area contributed by atoms with Crippen LogP contribution in [0.15, 0.2) is 11.6 Å². The summed E-state index contributed by atoms with van der Waals surface area (Å²) in [6.45, 7) is 31.6. The van der Waals surface area contributed by atoms with Gasteiger partial charge in [0.15, 0.2) is 28.2 Å². The number of allylic oxidation sites excluding steroid dienone is 1. The molecule has 11 heteroatoms. The molecule has 1 spiro atoms.